The van der Waals surface area contributed by atoms with Crippen LogP contribution >= 0.6 is 0 Å². The number of morpholine rings is 1. The number of hydrogen-bond donors (Lipinski definition) is 1. The van der Waals surface area contributed by atoms with Crippen LogP contribution in [0.3, 0.4) is 0 Å². The number of carbonyl (C=O) groups excluding carboxylic acids is 1. The van der Waals surface area contributed by atoms with Crippen molar-refractivity contribution in [2.24, 2.45) is 16.8 Å². The third-order valence-corrected chi connectivity index (χ3v) is 5.74. The van der Waals surface area contributed by atoms with E-state index in [1.54, 1.807) is 0 Å². The number of hydrogen-bond acceptors (Lipinski definition) is 6. The zero-order valence-electron chi connectivity index (χ0n) is 18.0. The first-order valence-electron chi connectivity index (χ1n) is 10.5. The van der Waals surface area contributed by atoms with E-state index in [1.807, 2.05) is 19.1 Å². The summed E-state index contributed by atoms with van der Waals surface area (Å²) >= 11 is 0. The van der Waals surface area contributed by atoms with Crippen molar-refractivity contribution in [2.45, 2.75) is 26.8 Å². The second-order valence-electron chi connectivity index (χ2n) is 7.82. The average molecular weight is 407 g/mol. The van der Waals surface area contributed by atoms with Crippen LogP contribution in [0.2, 0.25) is 0 Å². The molecular weight excluding hydrogens is 372 g/mol. The maximum absolute atomic E-state index is 12.1. The maximum atomic E-state index is 12.1. The predicted molar refractivity (Wildman–Crippen MR) is 111 cm³/mol. The first-order valence-corrected chi connectivity index (χ1v) is 10.5. The van der Waals surface area contributed by atoms with Crippen molar-refractivity contribution < 1.29 is 18.7 Å². The summed E-state index contributed by atoms with van der Waals surface area (Å²) in [4.78, 5) is 21.6. The number of aryl methyl sites for hydroxylation is 1. The number of esters is 1. The second-order valence-corrected chi connectivity index (χ2v) is 7.82. The van der Waals surface area contributed by atoms with Gasteiger partial charge in [-0.05, 0) is 31.9 Å². The summed E-state index contributed by atoms with van der Waals surface area (Å²) in [5, 5.41) is 3.39. The fourth-order valence-electron chi connectivity index (χ4n) is 4.10. The molecule has 2 aliphatic heterocycles. The van der Waals surface area contributed by atoms with E-state index in [0.717, 1.165) is 56.9 Å². The lowest BCUT2D eigenvalue weighted by atomic mass is 9.99. The topological polar surface area (TPSA) is 79.5 Å². The lowest BCUT2D eigenvalue weighted by Crippen LogP contribution is -2.43. The number of nitrogens with zero attached hydrogens (tertiary/aromatic N) is 3. The standard InChI is InChI=1S/C21H34N4O4/c1-5-22-21(25-13-15(2)17(14-25)20(26)27-4)23-12-18(19-7-6-16(3)29-19)24-8-10-28-11-9-24/h6-7,15,17-18H,5,8-14H2,1-4H3,(H,22,23). The van der Waals surface area contributed by atoms with E-state index < -0.39 is 0 Å². The molecule has 1 N–H and O–H groups in total. The Morgan fingerprint density at radius 1 is 1.34 bits per heavy atom. The third kappa shape index (κ3) is 5.30. The molecule has 1 aromatic heterocycles. The van der Waals surface area contributed by atoms with E-state index in [2.05, 4.69) is 29.0 Å². The Hall–Kier alpha value is -2.06. The quantitative estimate of drug-likeness (QED) is 0.437. The van der Waals surface area contributed by atoms with Gasteiger partial charge in [-0.2, -0.15) is 0 Å². The number of methoxy groups -OCH3 is 1. The Bertz CT molecular complexity index is 699. The smallest absolute Gasteiger partial charge is 0.310 e. The van der Waals surface area contributed by atoms with E-state index in [0.29, 0.717) is 13.1 Å². The first-order chi connectivity index (χ1) is 14.0. The van der Waals surface area contributed by atoms with Crippen LogP contribution in [0.1, 0.15) is 31.4 Å². The zero-order chi connectivity index (χ0) is 20.8. The van der Waals surface area contributed by atoms with E-state index in [-0.39, 0.29) is 23.8 Å². The molecule has 3 heterocycles. The van der Waals surface area contributed by atoms with Gasteiger partial charge in [0.1, 0.15) is 11.5 Å². The fraction of sp³-hybridized carbons (Fsp3) is 0.714. The fourth-order valence-corrected chi connectivity index (χ4v) is 4.10. The van der Waals surface area contributed by atoms with Crippen molar-refractivity contribution in [3.05, 3.63) is 23.7 Å². The highest BCUT2D eigenvalue weighted by Crippen LogP contribution is 2.26. The molecule has 0 amide bonds. The molecule has 8 heteroatoms. The summed E-state index contributed by atoms with van der Waals surface area (Å²) in [5.41, 5.74) is 0. The molecule has 1 aromatic rings. The predicted octanol–water partition coefficient (Wildman–Crippen LogP) is 1.67. The summed E-state index contributed by atoms with van der Waals surface area (Å²) in [7, 11) is 1.45. The number of rotatable bonds is 6. The van der Waals surface area contributed by atoms with Crippen LogP contribution in [0.15, 0.2) is 21.5 Å². The van der Waals surface area contributed by atoms with Gasteiger partial charge in [-0.3, -0.25) is 14.7 Å². The normalized spacial score (nSPS) is 24.6. The van der Waals surface area contributed by atoms with Crippen molar-refractivity contribution in [1.29, 1.82) is 0 Å². The van der Waals surface area contributed by atoms with Crippen molar-refractivity contribution in [3.63, 3.8) is 0 Å². The van der Waals surface area contributed by atoms with Gasteiger partial charge in [0.25, 0.3) is 0 Å². The minimum atomic E-state index is -0.145. The molecule has 29 heavy (non-hydrogen) atoms. The van der Waals surface area contributed by atoms with Gasteiger partial charge in [0.2, 0.25) is 0 Å². The molecule has 2 fully saturated rings. The molecule has 8 nitrogen and oxygen atoms in total. The summed E-state index contributed by atoms with van der Waals surface area (Å²) in [6.07, 6.45) is 0. The Kier molecular flexibility index (Phi) is 7.55. The largest absolute Gasteiger partial charge is 0.469 e. The van der Waals surface area contributed by atoms with Gasteiger partial charge in [-0.25, -0.2) is 0 Å². The van der Waals surface area contributed by atoms with Crippen LogP contribution in [-0.2, 0) is 14.3 Å². The number of guanidine groups is 1. The monoisotopic (exact) mass is 406 g/mol. The van der Waals surface area contributed by atoms with E-state index >= 15 is 0 Å². The molecule has 0 spiro atoms. The second kappa shape index (κ2) is 10.1. The van der Waals surface area contributed by atoms with E-state index in [4.69, 9.17) is 18.9 Å². The van der Waals surface area contributed by atoms with Gasteiger partial charge < -0.3 is 24.1 Å². The number of carbonyl (C=O) groups is 1. The van der Waals surface area contributed by atoms with Gasteiger partial charge in [0, 0.05) is 32.7 Å². The molecular formula is C21H34N4O4. The Morgan fingerprint density at radius 3 is 2.72 bits per heavy atom. The molecule has 0 aliphatic carbocycles. The van der Waals surface area contributed by atoms with Gasteiger partial charge in [-0.15, -0.1) is 0 Å². The van der Waals surface area contributed by atoms with Crippen LogP contribution in [0.5, 0.6) is 0 Å². The molecule has 0 saturated carbocycles. The lowest BCUT2D eigenvalue weighted by Gasteiger charge is -2.33. The lowest BCUT2D eigenvalue weighted by molar-refractivity contribution is -0.145. The molecule has 0 radical (unpaired) electrons. The number of likely N-dealkylation sites (tertiary alicyclic amines) is 1. The van der Waals surface area contributed by atoms with Crippen LogP contribution in [0.4, 0.5) is 0 Å². The van der Waals surface area contributed by atoms with Crippen molar-refractivity contribution >= 4 is 11.9 Å². The first kappa shape index (κ1) is 21.6. The van der Waals surface area contributed by atoms with Crippen LogP contribution in [-0.4, -0.2) is 81.3 Å². The SMILES string of the molecule is CCNC(=NCC(c1ccc(C)o1)N1CCOCC1)N1CC(C)C(C(=O)OC)C1. The highest BCUT2D eigenvalue weighted by atomic mass is 16.5. The maximum Gasteiger partial charge on any atom is 0.310 e. The molecule has 2 saturated heterocycles. The highest BCUT2D eigenvalue weighted by Gasteiger charge is 2.37. The van der Waals surface area contributed by atoms with Crippen LogP contribution < -0.4 is 5.32 Å². The molecule has 3 rings (SSSR count). The Labute approximate surface area is 173 Å². The van der Waals surface area contributed by atoms with Crippen LogP contribution in [0.25, 0.3) is 0 Å². The minimum absolute atomic E-state index is 0.0673. The number of ether oxygens (including phenoxy) is 2. The number of nitrogens with one attached hydrogen (secondary N) is 1. The molecule has 3 unspecified atom stereocenters. The minimum Gasteiger partial charge on any atom is -0.469 e. The van der Waals surface area contributed by atoms with E-state index in [9.17, 15) is 4.79 Å². The van der Waals surface area contributed by atoms with Gasteiger partial charge in [0.15, 0.2) is 5.96 Å². The summed E-state index contributed by atoms with van der Waals surface area (Å²) < 4.78 is 16.4. The van der Waals surface area contributed by atoms with Crippen molar-refractivity contribution in [3.8, 4) is 0 Å². The Morgan fingerprint density at radius 2 is 2.10 bits per heavy atom. The molecule has 0 bridgehead atoms. The highest BCUT2D eigenvalue weighted by molar-refractivity contribution is 5.82. The van der Waals surface area contributed by atoms with Crippen molar-refractivity contribution in [2.75, 3.05) is 59.6 Å². The molecule has 2 aliphatic rings. The zero-order valence-corrected chi connectivity index (χ0v) is 18.0. The number of aliphatic imine (C=N–C) groups is 1. The van der Waals surface area contributed by atoms with Crippen LogP contribution in [0, 0.1) is 18.8 Å². The average Bonchev–Trinajstić information content (AvgIpc) is 3.33. The number of furan rings is 1. The third-order valence-electron chi connectivity index (χ3n) is 5.74. The molecule has 3 atom stereocenters. The van der Waals surface area contributed by atoms with E-state index in [1.165, 1.54) is 7.11 Å². The Balaban J connectivity index is 1.76. The van der Waals surface area contributed by atoms with Crippen molar-refractivity contribution in [1.82, 2.24) is 15.1 Å². The van der Waals surface area contributed by atoms with Gasteiger partial charge >= 0.3 is 5.97 Å². The molecule has 162 valence electrons. The summed E-state index contributed by atoms with van der Waals surface area (Å²) in [5.74, 6) is 2.65. The molecule has 0 aromatic carbocycles. The van der Waals surface area contributed by atoms with Gasteiger partial charge in [-0.1, -0.05) is 6.92 Å². The summed E-state index contributed by atoms with van der Waals surface area (Å²) in [6, 6.07) is 4.11. The van der Waals surface area contributed by atoms with Gasteiger partial charge in [0.05, 0.1) is 38.8 Å². The summed E-state index contributed by atoms with van der Waals surface area (Å²) in [6.45, 7) is 12.1.